The summed E-state index contributed by atoms with van der Waals surface area (Å²) in [7, 11) is 1.94. The van der Waals surface area contributed by atoms with Crippen LogP contribution in [0.15, 0.2) is 30.3 Å². The topological polar surface area (TPSA) is 29.9 Å². The lowest BCUT2D eigenvalue weighted by atomic mass is 10.0. The molecule has 102 valence electrons. The second kappa shape index (κ2) is 5.97. The summed E-state index contributed by atoms with van der Waals surface area (Å²) in [6.07, 6.45) is 0.821. The molecule has 0 fully saturated rings. The predicted molar refractivity (Wildman–Crippen MR) is 74.5 cm³/mol. The van der Waals surface area contributed by atoms with Crippen molar-refractivity contribution in [3.8, 4) is 0 Å². The molecule has 1 N–H and O–H groups in total. The normalized spacial score (nSPS) is 12.6. The van der Waals surface area contributed by atoms with Crippen molar-refractivity contribution in [2.75, 3.05) is 7.05 Å². The molecular formula is C15H20FN3. The average Bonchev–Trinajstić information content (AvgIpc) is 2.79. The van der Waals surface area contributed by atoms with Gasteiger partial charge >= 0.3 is 0 Å². The number of nitrogens with one attached hydrogen (secondary N) is 1. The molecule has 1 atom stereocenters. The van der Waals surface area contributed by atoms with Gasteiger partial charge in [0.1, 0.15) is 5.82 Å². The van der Waals surface area contributed by atoms with Crippen LogP contribution in [0.2, 0.25) is 0 Å². The molecule has 1 aromatic carbocycles. The van der Waals surface area contributed by atoms with E-state index in [2.05, 4.69) is 23.4 Å². The SMILES string of the molecule is CCn1nc(C)cc1C(Cc1ccc(F)cc1)NC. The van der Waals surface area contributed by atoms with Gasteiger partial charge in [0.15, 0.2) is 0 Å². The highest BCUT2D eigenvalue weighted by Crippen LogP contribution is 2.19. The summed E-state index contributed by atoms with van der Waals surface area (Å²) in [6.45, 7) is 4.94. The summed E-state index contributed by atoms with van der Waals surface area (Å²) in [5.74, 6) is -0.195. The Labute approximate surface area is 113 Å². The maximum absolute atomic E-state index is 12.9. The van der Waals surface area contributed by atoms with Gasteiger partial charge in [0.05, 0.1) is 17.4 Å². The summed E-state index contributed by atoms with van der Waals surface area (Å²) in [5.41, 5.74) is 3.31. The Morgan fingerprint density at radius 2 is 2.00 bits per heavy atom. The van der Waals surface area contributed by atoms with Gasteiger partial charge in [0.25, 0.3) is 0 Å². The summed E-state index contributed by atoms with van der Waals surface area (Å²) >= 11 is 0. The van der Waals surface area contributed by atoms with E-state index >= 15 is 0 Å². The molecule has 4 heteroatoms. The molecule has 1 aromatic heterocycles. The van der Waals surface area contributed by atoms with Crippen molar-refractivity contribution in [1.29, 1.82) is 0 Å². The molecule has 0 aliphatic carbocycles. The van der Waals surface area contributed by atoms with Crippen molar-refractivity contribution in [3.05, 3.63) is 53.1 Å². The van der Waals surface area contributed by atoms with Crippen LogP contribution in [-0.2, 0) is 13.0 Å². The third kappa shape index (κ3) is 3.20. The molecule has 0 saturated heterocycles. The third-order valence-electron chi connectivity index (χ3n) is 3.29. The second-order valence-electron chi connectivity index (χ2n) is 4.70. The van der Waals surface area contributed by atoms with Gasteiger partial charge in [-0.3, -0.25) is 4.68 Å². The highest BCUT2D eigenvalue weighted by molar-refractivity contribution is 5.21. The van der Waals surface area contributed by atoms with Gasteiger partial charge in [-0.05, 0) is 51.1 Å². The van der Waals surface area contributed by atoms with E-state index in [1.807, 2.05) is 30.8 Å². The number of hydrogen-bond donors (Lipinski definition) is 1. The summed E-state index contributed by atoms with van der Waals surface area (Å²) < 4.78 is 14.9. The third-order valence-corrected chi connectivity index (χ3v) is 3.29. The minimum Gasteiger partial charge on any atom is -0.311 e. The van der Waals surface area contributed by atoms with E-state index in [0.717, 1.165) is 24.2 Å². The van der Waals surface area contributed by atoms with Crippen LogP contribution in [0.4, 0.5) is 4.39 Å². The molecule has 0 aliphatic heterocycles. The molecule has 0 saturated carbocycles. The van der Waals surface area contributed by atoms with Crippen molar-refractivity contribution in [2.45, 2.75) is 32.9 Å². The van der Waals surface area contributed by atoms with Crippen LogP contribution in [-0.4, -0.2) is 16.8 Å². The lowest BCUT2D eigenvalue weighted by Gasteiger charge is -2.17. The molecule has 2 aromatic rings. The largest absolute Gasteiger partial charge is 0.311 e. The summed E-state index contributed by atoms with van der Waals surface area (Å²) in [4.78, 5) is 0. The van der Waals surface area contributed by atoms with Crippen LogP contribution in [0, 0.1) is 12.7 Å². The predicted octanol–water partition coefficient (Wildman–Crippen LogP) is 2.85. The Kier molecular flexibility index (Phi) is 4.32. The average molecular weight is 261 g/mol. The zero-order valence-electron chi connectivity index (χ0n) is 11.7. The molecule has 0 aliphatic rings. The van der Waals surface area contributed by atoms with E-state index in [1.165, 1.54) is 17.8 Å². The second-order valence-corrected chi connectivity index (χ2v) is 4.70. The van der Waals surface area contributed by atoms with E-state index in [-0.39, 0.29) is 11.9 Å². The standard InChI is InChI=1S/C15H20FN3/c1-4-19-15(9-11(2)18-19)14(17-3)10-12-5-7-13(16)8-6-12/h5-9,14,17H,4,10H2,1-3H3. The first-order valence-electron chi connectivity index (χ1n) is 6.60. The lowest BCUT2D eigenvalue weighted by molar-refractivity contribution is 0.512. The van der Waals surface area contributed by atoms with Crippen LogP contribution >= 0.6 is 0 Å². The number of hydrogen-bond acceptors (Lipinski definition) is 2. The molecular weight excluding hydrogens is 241 g/mol. The Balaban J connectivity index is 2.22. The molecule has 0 radical (unpaired) electrons. The molecule has 0 spiro atoms. The van der Waals surface area contributed by atoms with E-state index in [9.17, 15) is 4.39 Å². The Bertz CT molecular complexity index is 531. The van der Waals surface area contributed by atoms with Crippen molar-refractivity contribution >= 4 is 0 Å². The van der Waals surface area contributed by atoms with Crippen LogP contribution in [0.1, 0.15) is 29.9 Å². The van der Waals surface area contributed by atoms with E-state index in [4.69, 9.17) is 0 Å². The van der Waals surface area contributed by atoms with Crippen molar-refractivity contribution in [1.82, 2.24) is 15.1 Å². The first kappa shape index (κ1) is 13.7. The lowest BCUT2D eigenvalue weighted by Crippen LogP contribution is -2.22. The first-order chi connectivity index (χ1) is 9.13. The Morgan fingerprint density at radius 1 is 1.32 bits per heavy atom. The maximum atomic E-state index is 12.9. The van der Waals surface area contributed by atoms with Gasteiger partial charge in [-0.2, -0.15) is 5.10 Å². The maximum Gasteiger partial charge on any atom is 0.123 e. The van der Waals surface area contributed by atoms with Gasteiger partial charge < -0.3 is 5.32 Å². The Morgan fingerprint density at radius 3 is 2.58 bits per heavy atom. The number of benzene rings is 1. The number of aromatic nitrogens is 2. The number of nitrogens with zero attached hydrogens (tertiary/aromatic N) is 2. The fourth-order valence-corrected chi connectivity index (χ4v) is 2.31. The first-order valence-corrected chi connectivity index (χ1v) is 6.60. The zero-order valence-corrected chi connectivity index (χ0v) is 11.7. The number of aryl methyl sites for hydroxylation is 2. The number of likely N-dealkylation sites (N-methyl/N-ethyl adjacent to an activating group) is 1. The van der Waals surface area contributed by atoms with Crippen molar-refractivity contribution in [3.63, 3.8) is 0 Å². The molecule has 2 rings (SSSR count). The van der Waals surface area contributed by atoms with Crippen molar-refractivity contribution < 1.29 is 4.39 Å². The number of halogens is 1. The van der Waals surface area contributed by atoms with Crippen LogP contribution < -0.4 is 5.32 Å². The zero-order chi connectivity index (χ0) is 13.8. The van der Waals surface area contributed by atoms with E-state index in [1.54, 1.807) is 0 Å². The highest BCUT2D eigenvalue weighted by Gasteiger charge is 2.15. The Hall–Kier alpha value is -1.68. The van der Waals surface area contributed by atoms with Gasteiger partial charge in [-0.25, -0.2) is 4.39 Å². The molecule has 0 bridgehead atoms. The van der Waals surface area contributed by atoms with Crippen LogP contribution in [0.5, 0.6) is 0 Å². The monoisotopic (exact) mass is 261 g/mol. The fraction of sp³-hybridized carbons (Fsp3) is 0.400. The molecule has 0 amide bonds. The van der Waals surface area contributed by atoms with Crippen LogP contribution in [0.3, 0.4) is 0 Å². The fourth-order valence-electron chi connectivity index (χ4n) is 2.31. The molecule has 3 nitrogen and oxygen atoms in total. The van der Waals surface area contributed by atoms with Gasteiger partial charge in [-0.15, -0.1) is 0 Å². The van der Waals surface area contributed by atoms with Crippen molar-refractivity contribution in [2.24, 2.45) is 0 Å². The minimum absolute atomic E-state index is 0.187. The number of rotatable bonds is 5. The van der Waals surface area contributed by atoms with Gasteiger partial charge in [0.2, 0.25) is 0 Å². The van der Waals surface area contributed by atoms with E-state index < -0.39 is 0 Å². The quantitative estimate of drug-likeness (QED) is 0.897. The van der Waals surface area contributed by atoms with Crippen LogP contribution in [0.25, 0.3) is 0 Å². The van der Waals surface area contributed by atoms with E-state index in [0.29, 0.717) is 0 Å². The summed E-state index contributed by atoms with van der Waals surface area (Å²) in [5, 5.41) is 7.79. The molecule has 19 heavy (non-hydrogen) atoms. The smallest absolute Gasteiger partial charge is 0.123 e. The molecule has 1 unspecified atom stereocenters. The summed E-state index contributed by atoms with van der Waals surface area (Å²) in [6, 6.07) is 8.97. The highest BCUT2D eigenvalue weighted by atomic mass is 19.1. The van der Waals surface area contributed by atoms with Gasteiger partial charge in [0, 0.05) is 6.54 Å². The minimum atomic E-state index is -0.195. The van der Waals surface area contributed by atoms with Gasteiger partial charge in [-0.1, -0.05) is 12.1 Å². The molecule has 1 heterocycles.